The van der Waals surface area contributed by atoms with Crippen LogP contribution in [0, 0.1) is 5.92 Å². The van der Waals surface area contributed by atoms with E-state index in [0.717, 1.165) is 37.4 Å². The summed E-state index contributed by atoms with van der Waals surface area (Å²) in [6.07, 6.45) is 4.96. The van der Waals surface area contributed by atoms with Gasteiger partial charge >= 0.3 is 0 Å². The minimum atomic E-state index is -3.68. The molecular weight excluding hydrogens is 424 g/mol. The fraction of sp³-hybridized carbons (Fsp3) is 0.520. The zero-order chi connectivity index (χ0) is 22.1. The molecule has 2 bridgehead atoms. The number of hydrogen-bond acceptors (Lipinski definition) is 5. The fourth-order valence-corrected chi connectivity index (χ4v) is 8.06. The third-order valence-corrected chi connectivity index (χ3v) is 9.92. The van der Waals surface area contributed by atoms with Gasteiger partial charge in [0.15, 0.2) is 0 Å². The molecule has 0 unspecified atom stereocenters. The van der Waals surface area contributed by atoms with Crippen LogP contribution in [0.3, 0.4) is 0 Å². The number of aliphatic hydroxyl groups is 1. The van der Waals surface area contributed by atoms with Gasteiger partial charge in [-0.3, -0.25) is 4.90 Å². The van der Waals surface area contributed by atoms with Crippen molar-refractivity contribution in [2.45, 2.75) is 66.5 Å². The number of likely N-dealkylation sites (tertiary alicyclic amines) is 1. The van der Waals surface area contributed by atoms with Gasteiger partial charge in [0.25, 0.3) is 0 Å². The fourth-order valence-electron chi connectivity index (χ4n) is 6.80. The SMILES string of the molecule is O=S(=O)(N[C@@H]1C[C@]23CCN(CC4CC4)[C@H](Cc4ccc(O)cc42)[C@]3(O)C1)c1ccccc1. The quantitative estimate of drug-likeness (QED) is 0.646. The van der Waals surface area contributed by atoms with Crippen LogP contribution in [0.5, 0.6) is 5.75 Å². The average molecular weight is 455 g/mol. The smallest absolute Gasteiger partial charge is 0.240 e. The van der Waals surface area contributed by atoms with E-state index >= 15 is 0 Å². The molecule has 0 aromatic heterocycles. The molecule has 7 heteroatoms. The molecule has 1 aliphatic heterocycles. The van der Waals surface area contributed by atoms with Crippen molar-refractivity contribution in [2.24, 2.45) is 5.92 Å². The zero-order valence-corrected chi connectivity index (χ0v) is 18.9. The Morgan fingerprint density at radius 2 is 1.88 bits per heavy atom. The Hall–Kier alpha value is -1.93. The first-order valence-electron chi connectivity index (χ1n) is 11.7. The Labute approximate surface area is 189 Å². The van der Waals surface area contributed by atoms with E-state index < -0.39 is 21.0 Å². The Morgan fingerprint density at radius 1 is 1.09 bits per heavy atom. The van der Waals surface area contributed by atoms with E-state index in [9.17, 15) is 18.6 Å². The number of nitrogens with one attached hydrogen (secondary N) is 1. The van der Waals surface area contributed by atoms with Crippen LogP contribution in [0.15, 0.2) is 53.4 Å². The number of fused-ring (bicyclic) bond motifs is 1. The van der Waals surface area contributed by atoms with E-state index in [4.69, 9.17) is 0 Å². The lowest BCUT2D eigenvalue weighted by atomic mass is 9.56. The second-order valence-corrected chi connectivity index (χ2v) is 12.0. The Bertz CT molecular complexity index is 1150. The van der Waals surface area contributed by atoms with Crippen LogP contribution in [0.2, 0.25) is 0 Å². The van der Waals surface area contributed by atoms with Crippen molar-refractivity contribution in [3.8, 4) is 5.75 Å². The summed E-state index contributed by atoms with van der Waals surface area (Å²) < 4.78 is 29.0. The molecule has 6 nitrogen and oxygen atoms in total. The van der Waals surface area contributed by atoms with Gasteiger partial charge in [0.2, 0.25) is 10.0 Å². The number of benzene rings is 2. The summed E-state index contributed by atoms with van der Waals surface area (Å²) in [4.78, 5) is 2.70. The predicted molar refractivity (Wildman–Crippen MR) is 121 cm³/mol. The van der Waals surface area contributed by atoms with E-state index in [-0.39, 0.29) is 22.7 Å². The van der Waals surface area contributed by atoms with E-state index in [2.05, 4.69) is 9.62 Å². The van der Waals surface area contributed by atoms with Crippen molar-refractivity contribution >= 4 is 10.0 Å². The van der Waals surface area contributed by atoms with Crippen LogP contribution in [0.4, 0.5) is 0 Å². The lowest BCUT2D eigenvalue weighted by Crippen LogP contribution is -2.69. The highest BCUT2D eigenvalue weighted by Crippen LogP contribution is 2.60. The molecule has 0 spiro atoms. The highest BCUT2D eigenvalue weighted by atomic mass is 32.2. The number of hydrogen-bond donors (Lipinski definition) is 3. The highest BCUT2D eigenvalue weighted by Gasteiger charge is 2.67. The maximum atomic E-state index is 13.1. The second-order valence-electron chi connectivity index (χ2n) is 10.3. The third kappa shape index (κ3) is 3.05. The van der Waals surface area contributed by atoms with E-state index in [1.807, 2.05) is 6.07 Å². The number of sulfonamides is 1. The number of aromatic hydroxyl groups is 1. The van der Waals surface area contributed by atoms with Gasteiger partial charge in [-0.25, -0.2) is 13.1 Å². The van der Waals surface area contributed by atoms with E-state index in [1.54, 1.807) is 42.5 Å². The summed E-state index contributed by atoms with van der Waals surface area (Å²) in [5.74, 6) is 0.925. The monoisotopic (exact) mass is 454 g/mol. The van der Waals surface area contributed by atoms with Crippen LogP contribution in [0.1, 0.15) is 43.2 Å². The molecule has 4 aliphatic rings. The van der Waals surface area contributed by atoms with Crippen molar-refractivity contribution < 1.29 is 18.6 Å². The molecule has 3 aliphatic carbocycles. The first-order valence-corrected chi connectivity index (χ1v) is 13.2. The van der Waals surface area contributed by atoms with E-state index in [0.29, 0.717) is 12.8 Å². The van der Waals surface area contributed by atoms with Crippen molar-refractivity contribution in [1.82, 2.24) is 9.62 Å². The lowest BCUT2D eigenvalue weighted by Gasteiger charge is -2.59. The molecule has 4 atom stereocenters. The minimum absolute atomic E-state index is 0.0277. The summed E-state index contributed by atoms with van der Waals surface area (Å²) in [6.45, 7) is 1.91. The van der Waals surface area contributed by atoms with Gasteiger partial charge in [-0.2, -0.15) is 0 Å². The molecule has 2 saturated carbocycles. The lowest BCUT2D eigenvalue weighted by molar-refractivity contribution is -0.131. The first-order chi connectivity index (χ1) is 15.3. The highest BCUT2D eigenvalue weighted by molar-refractivity contribution is 7.89. The van der Waals surface area contributed by atoms with Gasteiger partial charge in [0.1, 0.15) is 5.75 Å². The molecule has 2 aromatic carbocycles. The number of rotatable bonds is 5. The Morgan fingerprint density at radius 3 is 2.62 bits per heavy atom. The number of phenolic OH excluding ortho intramolecular Hbond substituents is 1. The minimum Gasteiger partial charge on any atom is -0.508 e. The van der Waals surface area contributed by atoms with Gasteiger partial charge < -0.3 is 10.2 Å². The van der Waals surface area contributed by atoms with Gasteiger partial charge in [-0.05, 0) is 86.4 Å². The average Bonchev–Trinajstić information content (AvgIpc) is 3.51. The Kier molecular flexibility index (Phi) is 4.54. The van der Waals surface area contributed by atoms with Crippen molar-refractivity contribution in [2.75, 3.05) is 13.1 Å². The molecular formula is C25H30N2O4S. The molecule has 0 amide bonds. The summed E-state index contributed by atoms with van der Waals surface area (Å²) in [6, 6.07) is 13.6. The van der Waals surface area contributed by atoms with Crippen molar-refractivity contribution in [3.63, 3.8) is 0 Å². The molecule has 1 heterocycles. The normalized spacial score (nSPS) is 34.2. The van der Waals surface area contributed by atoms with Crippen LogP contribution in [-0.2, 0) is 21.9 Å². The molecule has 6 rings (SSSR count). The third-order valence-electron chi connectivity index (χ3n) is 8.39. The predicted octanol–water partition coefficient (Wildman–Crippen LogP) is 2.54. The van der Waals surface area contributed by atoms with Gasteiger partial charge in [0, 0.05) is 24.0 Å². The van der Waals surface area contributed by atoms with Crippen LogP contribution in [0.25, 0.3) is 0 Å². The maximum Gasteiger partial charge on any atom is 0.240 e. The van der Waals surface area contributed by atoms with Crippen molar-refractivity contribution in [3.05, 3.63) is 59.7 Å². The summed E-state index contributed by atoms with van der Waals surface area (Å²) >= 11 is 0. The molecule has 2 aromatic rings. The molecule has 3 fully saturated rings. The van der Waals surface area contributed by atoms with Gasteiger partial charge in [-0.1, -0.05) is 24.3 Å². The molecule has 3 N–H and O–H groups in total. The zero-order valence-electron chi connectivity index (χ0n) is 18.1. The second kappa shape index (κ2) is 7.03. The van der Waals surface area contributed by atoms with Gasteiger partial charge in [-0.15, -0.1) is 0 Å². The number of nitrogens with zero attached hydrogens (tertiary/aromatic N) is 1. The molecule has 32 heavy (non-hydrogen) atoms. The topological polar surface area (TPSA) is 89.9 Å². The summed E-state index contributed by atoms with van der Waals surface area (Å²) in [5, 5.41) is 22.6. The maximum absolute atomic E-state index is 13.1. The Balaban J connectivity index is 1.39. The molecule has 170 valence electrons. The summed E-state index contributed by atoms with van der Waals surface area (Å²) in [5.41, 5.74) is 0.604. The number of piperidine rings is 1. The standard InChI is InChI=1S/C25H30N2O4S/c28-20-9-8-18-12-23-25(29)15-19(26-32(30,31)21-4-2-1-3-5-21)14-24(25,22(18)13-20)10-11-27(23)16-17-6-7-17/h1-5,8-9,13,17,19,23,26,28-29H,6-7,10-12,14-16H2/t19-,23-,24-,25-/m1/s1. The van der Waals surface area contributed by atoms with Gasteiger partial charge in [0.05, 0.1) is 10.5 Å². The number of phenols is 1. The molecule has 1 saturated heterocycles. The van der Waals surface area contributed by atoms with Crippen LogP contribution in [-0.4, -0.2) is 54.3 Å². The summed E-state index contributed by atoms with van der Waals surface area (Å²) in [7, 11) is -3.68. The first kappa shape index (κ1) is 20.7. The van der Waals surface area contributed by atoms with Crippen molar-refractivity contribution in [1.29, 1.82) is 0 Å². The largest absolute Gasteiger partial charge is 0.508 e. The molecule has 0 radical (unpaired) electrons. The van der Waals surface area contributed by atoms with Crippen LogP contribution < -0.4 is 4.72 Å². The van der Waals surface area contributed by atoms with E-state index in [1.165, 1.54) is 18.4 Å². The van der Waals surface area contributed by atoms with Crippen LogP contribution >= 0.6 is 0 Å².